The van der Waals surface area contributed by atoms with Gasteiger partial charge in [-0.2, -0.15) is 13.2 Å². The molecule has 0 fully saturated rings. The van der Waals surface area contributed by atoms with Crippen molar-refractivity contribution in [2.24, 2.45) is 0 Å². The van der Waals surface area contributed by atoms with E-state index < -0.39 is 59.6 Å². The van der Waals surface area contributed by atoms with E-state index in [9.17, 15) is 37.1 Å². The van der Waals surface area contributed by atoms with E-state index in [-0.39, 0.29) is 22.7 Å². The van der Waals surface area contributed by atoms with Gasteiger partial charge in [0.25, 0.3) is 5.56 Å². The number of hydrogen-bond acceptors (Lipinski definition) is 3. The predicted molar refractivity (Wildman–Crippen MR) is 150 cm³/mol. The summed E-state index contributed by atoms with van der Waals surface area (Å²) in [5.74, 6) is -1.18. The molecule has 0 radical (unpaired) electrons. The third-order valence-electron chi connectivity index (χ3n) is 6.78. The lowest BCUT2D eigenvalue weighted by molar-refractivity contribution is -0.138. The molecule has 1 aromatic heterocycles. The Kier molecular flexibility index (Phi) is 9.20. The summed E-state index contributed by atoms with van der Waals surface area (Å²) in [5.41, 5.74) is -3.39. The van der Waals surface area contributed by atoms with Crippen LogP contribution in [0.25, 0.3) is 11.1 Å². The Morgan fingerprint density at radius 2 is 1.64 bits per heavy atom. The van der Waals surface area contributed by atoms with E-state index in [0.717, 1.165) is 32.4 Å². The normalized spacial score (nSPS) is 12.2. The van der Waals surface area contributed by atoms with Crippen LogP contribution in [-0.2, 0) is 19.3 Å². The van der Waals surface area contributed by atoms with Gasteiger partial charge in [-0.3, -0.25) is 18.8 Å². The number of aromatic nitrogens is 2. The van der Waals surface area contributed by atoms with Crippen LogP contribution in [0.3, 0.4) is 0 Å². The minimum absolute atomic E-state index is 0.0756. The number of benzene rings is 3. The zero-order chi connectivity index (χ0) is 30.6. The average molecular weight is 604 g/mol. The fraction of sp³-hybridized carbons (Fsp3) is 0.233. The van der Waals surface area contributed by atoms with Crippen LogP contribution in [0, 0.1) is 5.82 Å². The maximum absolute atomic E-state index is 14.8. The van der Waals surface area contributed by atoms with Gasteiger partial charge in [0.05, 0.1) is 30.3 Å². The largest absolute Gasteiger partial charge is 0.465 e. The molecule has 0 bridgehead atoms. The van der Waals surface area contributed by atoms with Gasteiger partial charge in [-0.1, -0.05) is 73.1 Å². The van der Waals surface area contributed by atoms with Crippen LogP contribution in [0.15, 0.2) is 88.6 Å². The zero-order valence-electron chi connectivity index (χ0n) is 22.3. The molecule has 220 valence electrons. The molecular weight excluding hydrogens is 578 g/mol. The second-order valence-corrected chi connectivity index (χ2v) is 9.92. The number of carboxylic acid groups (broad SMARTS) is 1. The number of halogens is 5. The highest BCUT2D eigenvalue weighted by atomic mass is 35.5. The van der Waals surface area contributed by atoms with Gasteiger partial charge in [-0.05, 0) is 30.2 Å². The highest BCUT2D eigenvalue weighted by Crippen LogP contribution is 2.33. The highest BCUT2D eigenvalue weighted by molar-refractivity contribution is 6.33. The lowest BCUT2D eigenvalue weighted by Gasteiger charge is -2.30. The summed E-state index contributed by atoms with van der Waals surface area (Å²) >= 11 is 6.35. The summed E-state index contributed by atoms with van der Waals surface area (Å²) in [6, 6.07) is 16.0. The topological polar surface area (TPSA) is 84.5 Å². The SMILES string of the molecule is CCCN(C(=O)O)C(Cn1c(=O)c(-c2ccccc2Cl)cn(Cc2c(F)cccc2C(F)(F)F)c1=O)c1ccccc1. The number of nitrogens with zero attached hydrogens (tertiary/aromatic N) is 3. The van der Waals surface area contributed by atoms with Gasteiger partial charge in [-0.25, -0.2) is 14.0 Å². The molecule has 1 unspecified atom stereocenters. The molecule has 42 heavy (non-hydrogen) atoms. The lowest BCUT2D eigenvalue weighted by atomic mass is 10.0. The smallest absolute Gasteiger partial charge is 0.416 e. The van der Waals surface area contributed by atoms with E-state index in [1.807, 2.05) is 0 Å². The van der Waals surface area contributed by atoms with Gasteiger partial charge in [0, 0.05) is 28.9 Å². The minimum Gasteiger partial charge on any atom is -0.465 e. The van der Waals surface area contributed by atoms with Crippen molar-refractivity contribution >= 4 is 17.7 Å². The van der Waals surface area contributed by atoms with E-state index in [0.29, 0.717) is 18.1 Å². The molecule has 1 N–H and O–H groups in total. The van der Waals surface area contributed by atoms with Crippen molar-refractivity contribution in [2.45, 2.75) is 38.7 Å². The molecule has 0 saturated carbocycles. The Bertz CT molecular complexity index is 1700. The minimum atomic E-state index is -4.92. The summed E-state index contributed by atoms with van der Waals surface area (Å²) in [5, 5.41) is 10.1. The van der Waals surface area contributed by atoms with E-state index >= 15 is 0 Å². The first-order chi connectivity index (χ1) is 19.9. The third-order valence-corrected chi connectivity index (χ3v) is 7.11. The second-order valence-electron chi connectivity index (χ2n) is 9.52. The van der Waals surface area contributed by atoms with E-state index in [4.69, 9.17) is 11.6 Å². The highest BCUT2D eigenvalue weighted by Gasteiger charge is 2.35. The molecule has 1 heterocycles. The monoisotopic (exact) mass is 603 g/mol. The maximum Gasteiger partial charge on any atom is 0.416 e. The molecular formula is C30H26ClF4N3O4. The Balaban J connectivity index is 1.98. The van der Waals surface area contributed by atoms with Gasteiger partial charge >= 0.3 is 18.0 Å². The number of hydrogen-bond donors (Lipinski definition) is 1. The van der Waals surface area contributed by atoms with Gasteiger partial charge in [-0.15, -0.1) is 0 Å². The summed E-state index contributed by atoms with van der Waals surface area (Å²) in [6.45, 7) is 0.523. The van der Waals surface area contributed by atoms with Crippen molar-refractivity contribution < 1.29 is 27.5 Å². The molecule has 7 nitrogen and oxygen atoms in total. The van der Waals surface area contributed by atoms with Gasteiger partial charge < -0.3 is 5.11 Å². The lowest BCUT2D eigenvalue weighted by Crippen LogP contribution is -2.45. The summed E-state index contributed by atoms with van der Waals surface area (Å²) in [6.07, 6.45) is -4.72. The second kappa shape index (κ2) is 12.6. The van der Waals surface area contributed by atoms with Crippen LogP contribution < -0.4 is 11.2 Å². The van der Waals surface area contributed by atoms with Crippen molar-refractivity contribution in [2.75, 3.05) is 6.54 Å². The van der Waals surface area contributed by atoms with Crippen molar-refractivity contribution in [3.63, 3.8) is 0 Å². The molecule has 1 atom stereocenters. The maximum atomic E-state index is 14.8. The Hall–Kier alpha value is -4.38. The molecule has 0 saturated heterocycles. The van der Waals surface area contributed by atoms with Gasteiger partial charge in [0.1, 0.15) is 5.82 Å². The molecule has 4 aromatic rings. The molecule has 0 spiro atoms. The first-order valence-electron chi connectivity index (χ1n) is 12.9. The van der Waals surface area contributed by atoms with Crippen LogP contribution in [-0.4, -0.2) is 31.8 Å². The fourth-order valence-corrected chi connectivity index (χ4v) is 5.04. The first-order valence-corrected chi connectivity index (χ1v) is 13.3. The van der Waals surface area contributed by atoms with E-state index in [1.165, 1.54) is 12.1 Å². The number of alkyl halides is 3. The first kappa shape index (κ1) is 30.6. The van der Waals surface area contributed by atoms with Crippen LogP contribution >= 0.6 is 11.6 Å². The number of amides is 1. The third kappa shape index (κ3) is 6.41. The predicted octanol–water partition coefficient (Wildman–Crippen LogP) is 6.67. The van der Waals surface area contributed by atoms with Gasteiger partial charge in [0.2, 0.25) is 0 Å². The summed E-state index contributed by atoms with van der Waals surface area (Å²) in [7, 11) is 0. The van der Waals surface area contributed by atoms with Crippen LogP contribution in [0.4, 0.5) is 22.4 Å². The van der Waals surface area contributed by atoms with Crippen molar-refractivity contribution in [1.82, 2.24) is 14.0 Å². The van der Waals surface area contributed by atoms with Crippen LogP contribution in [0.1, 0.15) is 36.1 Å². The molecule has 3 aromatic carbocycles. The van der Waals surface area contributed by atoms with Crippen LogP contribution in [0.5, 0.6) is 0 Å². The Morgan fingerprint density at radius 1 is 0.976 bits per heavy atom. The van der Waals surface area contributed by atoms with E-state index in [2.05, 4.69) is 0 Å². The summed E-state index contributed by atoms with van der Waals surface area (Å²) < 4.78 is 57.7. The molecule has 0 aliphatic heterocycles. The Labute approximate surface area is 242 Å². The average Bonchev–Trinajstić information content (AvgIpc) is 2.95. The quantitative estimate of drug-likeness (QED) is 0.217. The zero-order valence-corrected chi connectivity index (χ0v) is 23.1. The molecule has 4 rings (SSSR count). The standard InChI is InChI=1S/C30H26ClF4N3O4/c1-2-15-37(29(41)42)26(19-9-4-3-5-10-19)18-38-27(39)21(20-11-6-7-13-24(20)31)16-36(28(38)40)17-22-23(30(33,34)35)12-8-14-25(22)32/h3-14,16,26H,2,15,17-18H2,1H3,(H,41,42). The van der Waals surface area contributed by atoms with Crippen molar-refractivity contribution in [3.8, 4) is 11.1 Å². The van der Waals surface area contributed by atoms with E-state index in [1.54, 1.807) is 49.4 Å². The number of rotatable bonds is 9. The number of carbonyl (C=O) groups is 1. The van der Waals surface area contributed by atoms with Gasteiger partial charge in [0.15, 0.2) is 0 Å². The molecule has 0 aliphatic rings. The molecule has 12 heteroatoms. The summed E-state index contributed by atoms with van der Waals surface area (Å²) in [4.78, 5) is 41.0. The fourth-order valence-electron chi connectivity index (χ4n) is 4.81. The molecule has 0 aliphatic carbocycles. The van der Waals surface area contributed by atoms with Crippen molar-refractivity contribution in [1.29, 1.82) is 0 Å². The molecule has 1 amide bonds. The Morgan fingerprint density at radius 3 is 2.26 bits per heavy atom. The van der Waals surface area contributed by atoms with Crippen LogP contribution in [0.2, 0.25) is 5.02 Å². The van der Waals surface area contributed by atoms with Crippen molar-refractivity contribution in [3.05, 3.63) is 127 Å².